The minimum Gasteiger partial charge on any atom is -0.353 e. The summed E-state index contributed by atoms with van der Waals surface area (Å²) in [5.74, 6) is 4.05. The van der Waals surface area contributed by atoms with Crippen LogP contribution in [0.4, 0.5) is 0 Å². The molecule has 1 amide bonds. The first-order valence-corrected chi connectivity index (χ1v) is 11.3. The summed E-state index contributed by atoms with van der Waals surface area (Å²) in [6, 6.07) is 0.459. The molecule has 1 heterocycles. The number of unbranched alkanes of at least 4 members (excludes halogenated alkanes) is 2. The van der Waals surface area contributed by atoms with Crippen LogP contribution in [0.15, 0.2) is 0 Å². The Kier molecular flexibility index (Phi) is 4.69. The molecule has 0 unspecified atom stereocenters. The molecule has 2 heteroatoms. The zero-order valence-electron chi connectivity index (χ0n) is 16.8. The zero-order valence-corrected chi connectivity index (χ0v) is 16.8. The van der Waals surface area contributed by atoms with Gasteiger partial charge in [-0.2, -0.15) is 0 Å². The quantitative estimate of drug-likeness (QED) is 0.650. The fourth-order valence-electron chi connectivity index (χ4n) is 7.93. The number of nitrogens with one attached hydrogen (secondary N) is 1. The highest BCUT2D eigenvalue weighted by Crippen LogP contribution is 2.66. The summed E-state index contributed by atoms with van der Waals surface area (Å²) in [6.45, 7) is 7.51. The number of piperidine rings is 1. The van der Waals surface area contributed by atoms with Crippen molar-refractivity contribution in [2.24, 2.45) is 34.5 Å². The molecule has 1 aliphatic heterocycles. The van der Waals surface area contributed by atoms with Crippen molar-refractivity contribution in [2.75, 3.05) is 0 Å². The normalized spacial score (nSPS) is 49.1. The average Bonchev–Trinajstić information content (AvgIpc) is 2.92. The van der Waals surface area contributed by atoms with Gasteiger partial charge in [0.25, 0.3) is 0 Å². The molecule has 0 radical (unpaired) electrons. The Bertz CT molecular complexity index is 516. The lowest BCUT2D eigenvalue weighted by atomic mass is 9.47. The van der Waals surface area contributed by atoms with Gasteiger partial charge in [0, 0.05) is 12.5 Å². The largest absolute Gasteiger partial charge is 0.353 e. The first kappa shape index (κ1) is 17.9. The van der Waals surface area contributed by atoms with E-state index in [1.54, 1.807) is 0 Å². The maximum atomic E-state index is 11.9. The minimum atomic E-state index is 0.304. The van der Waals surface area contributed by atoms with Crippen LogP contribution in [0.1, 0.15) is 97.8 Å². The van der Waals surface area contributed by atoms with Crippen molar-refractivity contribution in [1.82, 2.24) is 5.32 Å². The van der Waals surface area contributed by atoms with Crippen molar-refractivity contribution in [2.45, 2.75) is 104 Å². The number of hydrogen-bond acceptors (Lipinski definition) is 1. The Balaban J connectivity index is 1.51. The third-order valence-electron chi connectivity index (χ3n) is 9.45. The summed E-state index contributed by atoms with van der Waals surface area (Å²) in [6.07, 6.45) is 16.0. The summed E-state index contributed by atoms with van der Waals surface area (Å²) in [5.41, 5.74) is 0.995. The number of carbonyl (C=O) groups is 1. The molecule has 3 saturated carbocycles. The SMILES string of the molecule is CCCCC[C@H]1CC[C@H]2[C@@H]3CC[C@H]4NC(=O)CC[C@]4(C)[C@H]3CC[C@]12C. The van der Waals surface area contributed by atoms with Crippen LogP contribution in [-0.4, -0.2) is 11.9 Å². The Hall–Kier alpha value is -0.530. The smallest absolute Gasteiger partial charge is 0.220 e. The molecule has 142 valence electrons. The molecule has 0 spiro atoms. The molecule has 4 fully saturated rings. The first-order chi connectivity index (χ1) is 12.0. The van der Waals surface area contributed by atoms with Crippen molar-refractivity contribution >= 4 is 5.91 Å². The van der Waals surface area contributed by atoms with E-state index in [1.165, 1.54) is 64.2 Å². The van der Waals surface area contributed by atoms with Crippen LogP contribution in [0.25, 0.3) is 0 Å². The van der Waals surface area contributed by atoms with E-state index in [9.17, 15) is 4.79 Å². The van der Waals surface area contributed by atoms with E-state index in [1.807, 2.05) is 0 Å². The molecule has 0 bridgehead atoms. The van der Waals surface area contributed by atoms with Gasteiger partial charge in [-0.1, -0.05) is 40.0 Å². The average molecular weight is 346 g/mol. The standard InChI is InChI=1S/C23H39NO/c1-4-5-6-7-16-8-10-18-17-9-11-20-23(3,15-13-21(25)24-20)19(17)12-14-22(16,18)2/h16-20H,4-15H2,1-3H3,(H,24,25)/t16-,17-,18-,19-,20+,22+,23+/m0/s1. The highest BCUT2D eigenvalue weighted by atomic mass is 16.1. The highest BCUT2D eigenvalue weighted by molar-refractivity contribution is 5.77. The molecule has 25 heavy (non-hydrogen) atoms. The number of rotatable bonds is 4. The third-order valence-corrected chi connectivity index (χ3v) is 9.45. The molecular weight excluding hydrogens is 306 g/mol. The predicted molar refractivity (Wildman–Crippen MR) is 103 cm³/mol. The molecule has 4 rings (SSSR count). The van der Waals surface area contributed by atoms with E-state index < -0.39 is 0 Å². The molecule has 1 saturated heterocycles. The van der Waals surface area contributed by atoms with Gasteiger partial charge in [-0.3, -0.25) is 4.79 Å². The van der Waals surface area contributed by atoms with Crippen molar-refractivity contribution in [3.63, 3.8) is 0 Å². The lowest BCUT2D eigenvalue weighted by Gasteiger charge is -2.60. The second kappa shape index (κ2) is 6.57. The number of carbonyl (C=O) groups excluding carboxylic acids is 1. The maximum absolute atomic E-state index is 11.9. The van der Waals surface area contributed by atoms with Crippen LogP contribution in [0, 0.1) is 34.5 Å². The second-order valence-electron chi connectivity index (χ2n) is 10.4. The Morgan fingerprint density at radius 3 is 2.56 bits per heavy atom. The molecule has 4 aliphatic rings. The van der Waals surface area contributed by atoms with Gasteiger partial charge in [0.05, 0.1) is 0 Å². The van der Waals surface area contributed by atoms with Crippen molar-refractivity contribution < 1.29 is 4.79 Å². The molecule has 1 N–H and O–H groups in total. The molecule has 2 nitrogen and oxygen atoms in total. The van der Waals surface area contributed by atoms with E-state index in [0.29, 0.717) is 22.8 Å². The van der Waals surface area contributed by atoms with Crippen molar-refractivity contribution in [1.29, 1.82) is 0 Å². The summed E-state index contributed by atoms with van der Waals surface area (Å²) in [4.78, 5) is 11.9. The van der Waals surface area contributed by atoms with E-state index in [2.05, 4.69) is 26.1 Å². The topological polar surface area (TPSA) is 29.1 Å². The number of amides is 1. The summed E-state index contributed by atoms with van der Waals surface area (Å²) >= 11 is 0. The van der Waals surface area contributed by atoms with Crippen LogP contribution in [0.3, 0.4) is 0 Å². The molecular formula is C23H39NO. The highest BCUT2D eigenvalue weighted by Gasteiger charge is 2.59. The van der Waals surface area contributed by atoms with Gasteiger partial charge in [-0.05, 0) is 85.9 Å². The molecule has 7 atom stereocenters. The first-order valence-electron chi connectivity index (χ1n) is 11.3. The Morgan fingerprint density at radius 2 is 1.76 bits per heavy atom. The van der Waals surface area contributed by atoms with E-state index in [0.717, 1.165) is 36.5 Å². The Labute approximate surface area is 154 Å². The van der Waals surface area contributed by atoms with Gasteiger partial charge in [0.15, 0.2) is 0 Å². The van der Waals surface area contributed by atoms with Gasteiger partial charge >= 0.3 is 0 Å². The molecule has 0 aromatic rings. The minimum absolute atomic E-state index is 0.304. The third kappa shape index (κ3) is 2.77. The van der Waals surface area contributed by atoms with Crippen LogP contribution >= 0.6 is 0 Å². The summed E-state index contributed by atoms with van der Waals surface area (Å²) < 4.78 is 0. The number of fused-ring (bicyclic) bond motifs is 5. The fraction of sp³-hybridized carbons (Fsp3) is 0.957. The van der Waals surface area contributed by atoms with Crippen LogP contribution in [-0.2, 0) is 4.79 Å². The summed E-state index contributed by atoms with van der Waals surface area (Å²) in [7, 11) is 0. The zero-order chi connectivity index (χ0) is 17.7. The van der Waals surface area contributed by atoms with E-state index in [4.69, 9.17) is 0 Å². The fourth-order valence-corrected chi connectivity index (χ4v) is 7.93. The van der Waals surface area contributed by atoms with Crippen LogP contribution in [0.5, 0.6) is 0 Å². The predicted octanol–water partition coefficient (Wildman–Crippen LogP) is 5.70. The van der Waals surface area contributed by atoms with Crippen LogP contribution < -0.4 is 5.32 Å². The van der Waals surface area contributed by atoms with Crippen molar-refractivity contribution in [3.8, 4) is 0 Å². The van der Waals surface area contributed by atoms with E-state index >= 15 is 0 Å². The van der Waals surface area contributed by atoms with Crippen molar-refractivity contribution in [3.05, 3.63) is 0 Å². The van der Waals surface area contributed by atoms with E-state index in [-0.39, 0.29) is 0 Å². The molecule has 3 aliphatic carbocycles. The summed E-state index contributed by atoms with van der Waals surface area (Å²) in [5, 5.41) is 3.37. The second-order valence-corrected chi connectivity index (χ2v) is 10.4. The monoisotopic (exact) mass is 345 g/mol. The van der Waals surface area contributed by atoms with Gasteiger partial charge in [-0.15, -0.1) is 0 Å². The number of hydrogen-bond donors (Lipinski definition) is 1. The maximum Gasteiger partial charge on any atom is 0.220 e. The van der Waals surface area contributed by atoms with Gasteiger partial charge in [0.2, 0.25) is 5.91 Å². The molecule has 0 aromatic heterocycles. The van der Waals surface area contributed by atoms with Gasteiger partial charge in [0.1, 0.15) is 0 Å². The van der Waals surface area contributed by atoms with Crippen LogP contribution in [0.2, 0.25) is 0 Å². The van der Waals surface area contributed by atoms with Gasteiger partial charge < -0.3 is 5.32 Å². The molecule has 0 aromatic carbocycles. The Morgan fingerprint density at radius 1 is 0.960 bits per heavy atom. The lowest BCUT2D eigenvalue weighted by Crippen LogP contribution is -2.61. The van der Waals surface area contributed by atoms with Gasteiger partial charge in [-0.25, -0.2) is 0 Å². The lowest BCUT2D eigenvalue weighted by molar-refractivity contribution is -0.136.